The van der Waals surface area contributed by atoms with Crippen molar-refractivity contribution in [2.24, 2.45) is 5.73 Å². The monoisotopic (exact) mass is 181 g/mol. The second-order valence-electron chi connectivity index (χ2n) is 1.91. The van der Waals surface area contributed by atoms with E-state index in [1.54, 1.807) is 5.92 Å². The van der Waals surface area contributed by atoms with E-state index in [-0.39, 0.29) is 0 Å². The van der Waals surface area contributed by atoms with Crippen molar-refractivity contribution < 1.29 is 22.7 Å². The van der Waals surface area contributed by atoms with Crippen LogP contribution in [0.5, 0.6) is 0 Å². The molecule has 0 saturated carbocycles. The molecule has 3 nitrogen and oxygen atoms in total. The summed E-state index contributed by atoms with van der Waals surface area (Å²) in [7, 11) is 0. The molecule has 1 atom stereocenters. The number of carbonyl (C=O) groups is 1. The lowest BCUT2D eigenvalue weighted by molar-refractivity contribution is -0.147. The summed E-state index contributed by atoms with van der Waals surface area (Å²) in [5.74, 6) is 1.65. The van der Waals surface area contributed by atoms with Gasteiger partial charge in [-0.2, -0.15) is 13.2 Å². The van der Waals surface area contributed by atoms with Gasteiger partial charge in [0.2, 0.25) is 0 Å². The van der Waals surface area contributed by atoms with E-state index in [1.807, 2.05) is 0 Å². The normalized spacial score (nSPS) is 13.2. The lowest BCUT2D eigenvalue weighted by Gasteiger charge is -2.12. The van der Waals surface area contributed by atoms with Crippen LogP contribution in [0.2, 0.25) is 0 Å². The van der Waals surface area contributed by atoms with E-state index in [1.165, 1.54) is 0 Å². The predicted molar refractivity (Wildman–Crippen MR) is 34.0 cm³/mol. The van der Waals surface area contributed by atoms with Gasteiger partial charge in [-0.1, -0.05) is 5.92 Å². The Morgan fingerprint density at radius 1 is 1.67 bits per heavy atom. The second kappa shape index (κ2) is 3.85. The SMILES string of the molecule is C#CC(CC(F)(F)F)OC(N)=O. The Bertz CT molecular complexity index is 206. The third-order valence-electron chi connectivity index (χ3n) is 0.861. The van der Waals surface area contributed by atoms with Crippen LogP contribution in [0.15, 0.2) is 0 Å². The standard InChI is InChI=1S/C6H6F3NO2/c1-2-4(12-5(10)11)3-6(7,8)9/h1,4H,3H2,(H2,10,11). The van der Waals surface area contributed by atoms with Crippen LogP contribution in [0.1, 0.15) is 6.42 Å². The van der Waals surface area contributed by atoms with Gasteiger partial charge >= 0.3 is 12.3 Å². The zero-order valence-electron chi connectivity index (χ0n) is 5.89. The van der Waals surface area contributed by atoms with E-state index in [4.69, 9.17) is 0 Å². The Hall–Kier alpha value is -1.38. The highest BCUT2D eigenvalue weighted by Crippen LogP contribution is 2.22. The third kappa shape index (κ3) is 5.41. The number of carbonyl (C=O) groups excluding carboxylic acids is 1. The first kappa shape index (κ1) is 10.6. The van der Waals surface area contributed by atoms with Gasteiger partial charge in [-0.15, -0.1) is 6.42 Å². The Kier molecular flexibility index (Phi) is 3.41. The maximum absolute atomic E-state index is 11.6. The number of rotatable bonds is 2. The molecule has 0 aromatic rings. The molecule has 12 heavy (non-hydrogen) atoms. The molecule has 0 fully saturated rings. The van der Waals surface area contributed by atoms with Crippen LogP contribution in [0, 0.1) is 12.3 Å². The highest BCUT2D eigenvalue weighted by atomic mass is 19.4. The van der Waals surface area contributed by atoms with Crippen LogP contribution in [0.4, 0.5) is 18.0 Å². The van der Waals surface area contributed by atoms with Gasteiger partial charge in [0.05, 0.1) is 6.42 Å². The number of nitrogens with two attached hydrogens (primary N) is 1. The predicted octanol–water partition coefficient (Wildman–Crippen LogP) is 1.04. The van der Waals surface area contributed by atoms with Crippen LogP contribution in [0.3, 0.4) is 0 Å². The molecule has 6 heteroatoms. The van der Waals surface area contributed by atoms with Gasteiger partial charge in [0.1, 0.15) is 0 Å². The lowest BCUT2D eigenvalue weighted by atomic mass is 10.2. The molecule has 0 heterocycles. The summed E-state index contributed by atoms with van der Waals surface area (Å²) in [6.45, 7) is 0. The molecule has 0 aliphatic rings. The molecule has 68 valence electrons. The highest BCUT2D eigenvalue weighted by Gasteiger charge is 2.32. The van der Waals surface area contributed by atoms with Crippen molar-refractivity contribution in [3.8, 4) is 12.3 Å². The summed E-state index contributed by atoms with van der Waals surface area (Å²) in [5, 5.41) is 0. The van der Waals surface area contributed by atoms with E-state index in [0.717, 1.165) is 0 Å². The summed E-state index contributed by atoms with van der Waals surface area (Å²) >= 11 is 0. The van der Waals surface area contributed by atoms with Gasteiger partial charge in [-0.3, -0.25) is 0 Å². The van der Waals surface area contributed by atoms with Crippen molar-refractivity contribution in [2.75, 3.05) is 0 Å². The first-order chi connectivity index (χ1) is 5.35. The molecule has 0 spiro atoms. The molecule has 0 aliphatic heterocycles. The van der Waals surface area contributed by atoms with Crippen molar-refractivity contribution in [3.63, 3.8) is 0 Å². The summed E-state index contributed by atoms with van der Waals surface area (Å²) in [5.41, 5.74) is 4.46. The Morgan fingerprint density at radius 3 is 2.42 bits per heavy atom. The number of hydrogen-bond acceptors (Lipinski definition) is 2. The van der Waals surface area contributed by atoms with Crippen LogP contribution >= 0.6 is 0 Å². The number of terminal acetylenes is 1. The van der Waals surface area contributed by atoms with Crippen molar-refractivity contribution >= 4 is 6.09 Å². The quantitative estimate of drug-likeness (QED) is 0.647. The van der Waals surface area contributed by atoms with E-state index < -0.39 is 24.8 Å². The number of halogens is 3. The number of primary amides is 1. The molecule has 0 aromatic carbocycles. The summed E-state index contributed by atoms with van der Waals surface area (Å²) in [4.78, 5) is 9.99. The highest BCUT2D eigenvalue weighted by molar-refractivity contribution is 5.65. The maximum atomic E-state index is 11.6. The molecular weight excluding hydrogens is 175 g/mol. The molecular formula is C6H6F3NO2. The summed E-state index contributed by atoms with van der Waals surface area (Å²) in [6, 6.07) is 0. The van der Waals surface area contributed by atoms with Crippen LogP contribution in [-0.2, 0) is 4.74 Å². The van der Waals surface area contributed by atoms with Crippen LogP contribution < -0.4 is 5.73 Å². The fraction of sp³-hybridized carbons (Fsp3) is 0.500. The van der Waals surface area contributed by atoms with E-state index >= 15 is 0 Å². The van der Waals surface area contributed by atoms with Crippen molar-refractivity contribution in [1.29, 1.82) is 0 Å². The molecule has 0 rings (SSSR count). The minimum atomic E-state index is -4.47. The number of hydrogen-bond donors (Lipinski definition) is 1. The fourth-order valence-corrected chi connectivity index (χ4v) is 0.485. The van der Waals surface area contributed by atoms with Gasteiger partial charge in [0.15, 0.2) is 6.10 Å². The average molecular weight is 181 g/mol. The number of amides is 1. The Morgan fingerprint density at radius 2 is 2.17 bits per heavy atom. The minimum absolute atomic E-state index is 1.32. The Labute approximate surface area is 66.7 Å². The van der Waals surface area contributed by atoms with E-state index in [0.29, 0.717) is 0 Å². The molecule has 2 N–H and O–H groups in total. The number of alkyl halides is 3. The van der Waals surface area contributed by atoms with E-state index in [2.05, 4.69) is 16.9 Å². The topological polar surface area (TPSA) is 52.3 Å². The van der Waals surface area contributed by atoms with Crippen LogP contribution in [0.25, 0.3) is 0 Å². The van der Waals surface area contributed by atoms with E-state index in [9.17, 15) is 18.0 Å². The van der Waals surface area contributed by atoms with Gasteiger partial charge in [0, 0.05) is 0 Å². The van der Waals surface area contributed by atoms with Gasteiger partial charge in [0.25, 0.3) is 0 Å². The third-order valence-corrected chi connectivity index (χ3v) is 0.861. The molecule has 1 amide bonds. The van der Waals surface area contributed by atoms with Gasteiger partial charge < -0.3 is 10.5 Å². The summed E-state index contributed by atoms with van der Waals surface area (Å²) < 4.78 is 38.8. The molecule has 0 saturated heterocycles. The van der Waals surface area contributed by atoms with Crippen molar-refractivity contribution in [1.82, 2.24) is 0 Å². The maximum Gasteiger partial charge on any atom is 0.405 e. The number of ether oxygens (including phenoxy) is 1. The first-order valence-electron chi connectivity index (χ1n) is 2.84. The second-order valence-corrected chi connectivity index (χ2v) is 1.91. The summed E-state index contributed by atoms with van der Waals surface area (Å²) in [6.07, 6.45) is -4.16. The Balaban J connectivity index is 4.03. The smallest absolute Gasteiger partial charge is 0.405 e. The largest absolute Gasteiger partial charge is 0.433 e. The zero-order valence-corrected chi connectivity index (χ0v) is 5.89. The van der Waals surface area contributed by atoms with Crippen molar-refractivity contribution in [3.05, 3.63) is 0 Å². The lowest BCUT2D eigenvalue weighted by Crippen LogP contribution is -2.26. The molecule has 0 aromatic heterocycles. The first-order valence-corrected chi connectivity index (χ1v) is 2.84. The van der Waals surface area contributed by atoms with Crippen molar-refractivity contribution in [2.45, 2.75) is 18.7 Å². The average Bonchev–Trinajstić information content (AvgIpc) is 1.82. The van der Waals surface area contributed by atoms with Gasteiger partial charge in [-0.05, 0) is 0 Å². The molecule has 0 aliphatic carbocycles. The zero-order chi connectivity index (χ0) is 9.78. The molecule has 0 bridgehead atoms. The van der Waals surface area contributed by atoms with Crippen LogP contribution in [-0.4, -0.2) is 18.4 Å². The van der Waals surface area contributed by atoms with Gasteiger partial charge in [-0.25, -0.2) is 4.79 Å². The molecule has 1 unspecified atom stereocenters. The molecule has 0 radical (unpaired) electrons. The fourth-order valence-electron chi connectivity index (χ4n) is 0.485. The minimum Gasteiger partial charge on any atom is -0.433 e.